The molecule has 0 spiro atoms. The number of benzene rings is 1. The number of hydrogen-bond donors (Lipinski definition) is 2. The third kappa shape index (κ3) is 5.22. The molecule has 24 heavy (non-hydrogen) atoms. The lowest BCUT2D eigenvalue weighted by molar-refractivity contribution is -0.132. The Kier molecular flexibility index (Phi) is 6.54. The van der Waals surface area contributed by atoms with Crippen LogP contribution >= 0.6 is 0 Å². The molecule has 0 radical (unpaired) electrons. The van der Waals surface area contributed by atoms with Crippen molar-refractivity contribution in [3.8, 4) is 0 Å². The Bertz CT molecular complexity index is 617. The van der Waals surface area contributed by atoms with Gasteiger partial charge in [-0.3, -0.25) is 14.4 Å². The van der Waals surface area contributed by atoms with Crippen LogP contribution in [0.2, 0.25) is 0 Å². The van der Waals surface area contributed by atoms with Crippen molar-refractivity contribution < 1.29 is 14.4 Å². The van der Waals surface area contributed by atoms with Crippen molar-refractivity contribution >= 4 is 23.8 Å². The zero-order valence-corrected chi connectivity index (χ0v) is 13.9. The number of hydrogen-bond acceptors (Lipinski definition) is 3. The minimum absolute atomic E-state index is 0.0266. The van der Waals surface area contributed by atoms with E-state index in [0.717, 1.165) is 37.9 Å². The molecule has 2 N–H and O–H groups in total. The second-order valence-corrected chi connectivity index (χ2v) is 5.69. The van der Waals surface area contributed by atoms with Gasteiger partial charge in [-0.25, -0.2) is 0 Å². The molecule has 0 aromatic heterocycles. The summed E-state index contributed by atoms with van der Waals surface area (Å²) < 4.78 is 0. The number of piperidine rings is 1. The van der Waals surface area contributed by atoms with Gasteiger partial charge in [-0.05, 0) is 43.0 Å². The molecule has 0 saturated carbocycles. The summed E-state index contributed by atoms with van der Waals surface area (Å²) in [6.07, 6.45) is 6.27. The second-order valence-electron chi connectivity index (χ2n) is 5.69. The number of amides is 3. The monoisotopic (exact) mass is 329 g/mol. The lowest BCUT2D eigenvalue weighted by atomic mass is 10.1. The standard InChI is InChI=1S/C18H23N3O3/c1-19-18(24)15-8-5-14(6-9-15)7-10-16(22)20-13-17(23)21-11-3-2-4-12-21/h5-10H,2-4,11-13H2,1H3,(H,19,24)(H,20,22)/b10-7+. The van der Waals surface area contributed by atoms with Gasteiger partial charge in [0.25, 0.3) is 5.91 Å². The van der Waals surface area contributed by atoms with Crippen molar-refractivity contribution in [1.82, 2.24) is 15.5 Å². The second kappa shape index (κ2) is 8.86. The number of likely N-dealkylation sites (tertiary alicyclic amines) is 1. The van der Waals surface area contributed by atoms with Gasteiger partial charge in [0.05, 0.1) is 6.54 Å². The fraction of sp³-hybridized carbons (Fsp3) is 0.389. The first-order chi connectivity index (χ1) is 11.6. The van der Waals surface area contributed by atoms with Crippen LogP contribution in [0.5, 0.6) is 0 Å². The number of nitrogens with zero attached hydrogens (tertiary/aromatic N) is 1. The maximum atomic E-state index is 12.0. The van der Waals surface area contributed by atoms with Gasteiger partial charge in [0, 0.05) is 31.8 Å². The van der Waals surface area contributed by atoms with E-state index in [9.17, 15) is 14.4 Å². The number of rotatable bonds is 5. The van der Waals surface area contributed by atoms with Crippen LogP contribution in [0.15, 0.2) is 30.3 Å². The largest absolute Gasteiger partial charge is 0.355 e. The summed E-state index contributed by atoms with van der Waals surface area (Å²) in [6.45, 7) is 1.59. The molecule has 2 rings (SSSR count). The van der Waals surface area contributed by atoms with Crippen molar-refractivity contribution in [1.29, 1.82) is 0 Å². The lowest BCUT2D eigenvalue weighted by Gasteiger charge is -2.26. The first kappa shape index (κ1) is 17.7. The van der Waals surface area contributed by atoms with Crippen LogP contribution in [0.25, 0.3) is 6.08 Å². The quantitative estimate of drug-likeness (QED) is 0.797. The highest BCUT2D eigenvalue weighted by atomic mass is 16.2. The molecule has 3 amide bonds. The Morgan fingerprint density at radius 3 is 2.38 bits per heavy atom. The summed E-state index contributed by atoms with van der Waals surface area (Å²) in [5.74, 6) is -0.499. The van der Waals surface area contributed by atoms with Crippen LogP contribution in [-0.2, 0) is 9.59 Å². The Balaban J connectivity index is 1.79. The Labute approximate surface area is 141 Å². The molecular formula is C18H23N3O3. The smallest absolute Gasteiger partial charge is 0.251 e. The Hall–Kier alpha value is -2.63. The minimum atomic E-state index is -0.310. The molecule has 1 aliphatic rings. The number of carbonyl (C=O) groups excluding carboxylic acids is 3. The maximum absolute atomic E-state index is 12.0. The first-order valence-electron chi connectivity index (χ1n) is 8.16. The normalized spacial score (nSPS) is 14.5. The Morgan fingerprint density at radius 1 is 1.08 bits per heavy atom. The fourth-order valence-electron chi connectivity index (χ4n) is 2.54. The van der Waals surface area contributed by atoms with Gasteiger partial charge in [0.15, 0.2) is 0 Å². The molecule has 0 unspecified atom stereocenters. The maximum Gasteiger partial charge on any atom is 0.251 e. The number of nitrogens with one attached hydrogen (secondary N) is 2. The zero-order chi connectivity index (χ0) is 17.4. The third-order valence-electron chi connectivity index (χ3n) is 3.95. The van der Waals surface area contributed by atoms with Crippen LogP contribution in [0.4, 0.5) is 0 Å². The minimum Gasteiger partial charge on any atom is -0.355 e. The highest BCUT2D eigenvalue weighted by Crippen LogP contribution is 2.08. The van der Waals surface area contributed by atoms with E-state index in [2.05, 4.69) is 10.6 Å². The lowest BCUT2D eigenvalue weighted by Crippen LogP contribution is -2.42. The summed E-state index contributed by atoms with van der Waals surface area (Å²) in [5.41, 5.74) is 1.37. The van der Waals surface area contributed by atoms with E-state index in [1.54, 1.807) is 42.3 Å². The van der Waals surface area contributed by atoms with Crippen LogP contribution in [-0.4, -0.2) is 49.3 Å². The summed E-state index contributed by atoms with van der Waals surface area (Å²) in [7, 11) is 1.58. The molecule has 6 heteroatoms. The molecule has 0 aliphatic carbocycles. The van der Waals surface area contributed by atoms with E-state index in [4.69, 9.17) is 0 Å². The van der Waals surface area contributed by atoms with Gasteiger partial charge in [0.2, 0.25) is 11.8 Å². The highest BCUT2D eigenvalue weighted by molar-refractivity contribution is 5.95. The van der Waals surface area contributed by atoms with Crippen molar-refractivity contribution in [2.24, 2.45) is 0 Å². The molecule has 0 bridgehead atoms. The fourth-order valence-corrected chi connectivity index (χ4v) is 2.54. The van der Waals surface area contributed by atoms with Crippen molar-refractivity contribution in [2.45, 2.75) is 19.3 Å². The molecule has 0 atom stereocenters. The molecule has 1 heterocycles. The summed E-state index contributed by atoms with van der Waals surface area (Å²) in [6, 6.07) is 6.90. The first-order valence-corrected chi connectivity index (χ1v) is 8.16. The van der Waals surface area contributed by atoms with Gasteiger partial charge in [-0.1, -0.05) is 12.1 Å². The summed E-state index contributed by atoms with van der Waals surface area (Å²) in [4.78, 5) is 37.0. The van der Waals surface area contributed by atoms with Gasteiger partial charge in [-0.2, -0.15) is 0 Å². The number of carbonyl (C=O) groups is 3. The van der Waals surface area contributed by atoms with Crippen molar-refractivity contribution in [2.75, 3.05) is 26.7 Å². The average molecular weight is 329 g/mol. The van der Waals surface area contributed by atoms with Crippen LogP contribution in [0, 0.1) is 0 Å². The predicted octanol–water partition coefficient (Wildman–Crippen LogP) is 1.19. The summed E-state index contributed by atoms with van der Waals surface area (Å²) >= 11 is 0. The van der Waals surface area contributed by atoms with Crippen molar-refractivity contribution in [3.63, 3.8) is 0 Å². The topological polar surface area (TPSA) is 78.5 Å². The van der Waals surface area contributed by atoms with Gasteiger partial charge >= 0.3 is 0 Å². The zero-order valence-electron chi connectivity index (χ0n) is 13.9. The molecule has 1 aromatic rings. The van der Waals surface area contributed by atoms with Crippen LogP contribution in [0.3, 0.4) is 0 Å². The van der Waals surface area contributed by atoms with E-state index >= 15 is 0 Å². The average Bonchev–Trinajstić information content (AvgIpc) is 2.64. The summed E-state index contributed by atoms with van der Waals surface area (Å²) in [5, 5.41) is 5.16. The molecule has 6 nitrogen and oxygen atoms in total. The third-order valence-corrected chi connectivity index (χ3v) is 3.95. The van der Waals surface area contributed by atoms with Crippen molar-refractivity contribution in [3.05, 3.63) is 41.5 Å². The molecule has 1 fully saturated rings. The van der Waals surface area contributed by atoms with E-state index in [1.807, 2.05) is 0 Å². The van der Waals surface area contributed by atoms with E-state index < -0.39 is 0 Å². The molecule has 1 aromatic carbocycles. The molecule has 1 aliphatic heterocycles. The molecule has 1 saturated heterocycles. The Morgan fingerprint density at radius 2 is 1.75 bits per heavy atom. The van der Waals surface area contributed by atoms with Crippen LogP contribution in [0.1, 0.15) is 35.2 Å². The van der Waals surface area contributed by atoms with Gasteiger partial charge < -0.3 is 15.5 Å². The van der Waals surface area contributed by atoms with E-state index in [0.29, 0.717) is 5.56 Å². The highest BCUT2D eigenvalue weighted by Gasteiger charge is 2.16. The van der Waals surface area contributed by atoms with Gasteiger partial charge in [-0.15, -0.1) is 0 Å². The van der Waals surface area contributed by atoms with E-state index in [-0.39, 0.29) is 24.3 Å². The van der Waals surface area contributed by atoms with Gasteiger partial charge in [0.1, 0.15) is 0 Å². The van der Waals surface area contributed by atoms with E-state index in [1.165, 1.54) is 6.08 Å². The molecule has 128 valence electrons. The van der Waals surface area contributed by atoms with Crippen LogP contribution < -0.4 is 10.6 Å². The predicted molar refractivity (Wildman–Crippen MR) is 92.3 cm³/mol. The molecular weight excluding hydrogens is 306 g/mol. The SMILES string of the molecule is CNC(=O)c1ccc(/C=C/C(=O)NCC(=O)N2CCCCC2)cc1.